The molecule has 42 heavy (non-hydrogen) atoms. The molecule has 204 valence electrons. The van der Waals surface area contributed by atoms with E-state index >= 15 is 0 Å². The van der Waals surface area contributed by atoms with E-state index in [0.29, 0.717) is 24.9 Å². The smallest absolute Gasteiger partial charge is 0.481 e. The van der Waals surface area contributed by atoms with Gasteiger partial charge in [0.2, 0.25) is 5.78 Å². The van der Waals surface area contributed by atoms with Crippen molar-refractivity contribution >= 4 is 34.2 Å². The van der Waals surface area contributed by atoms with Gasteiger partial charge in [-0.25, -0.2) is 9.36 Å². The van der Waals surface area contributed by atoms with E-state index in [1.807, 2.05) is 16.7 Å². The molecule has 3 aliphatic heterocycles. The van der Waals surface area contributed by atoms with Gasteiger partial charge in [-0.2, -0.15) is 30.7 Å². The third kappa shape index (κ3) is 5.68. The molecule has 0 fully saturated rings. The number of Topliss-reactive ketones (excluding diaryl/α,β-unsaturated/α-hetero) is 1. The van der Waals surface area contributed by atoms with Crippen molar-refractivity contribution in [3.05, 3.63) is 102 Å². The summed E-state index contributed by atoms with van der Waals surface area (Å²) < 4.78 is 7.75. The molecule has 2 atom stereocenters. The van der Waals surface area contributed by atoms with Crippen molar-refractivity contribution in [1.29, 1.82) is 0 Å². The number of carbonyl (C=O) groups excluding carboxylic acids is 2. The summed E-state index contributed by atoms with van der Waals surface area (Å²) in [6.07, 6.45) is 7.58. The summed E-state index contributed by atoms with van der Waals surface area (Å²) in [6.45, 7) is 7.67. The van der Waals surface area contributed by atoms with Crippen LogP contribution < -0.4 is 68.6 Å². The molecule has 2 aromatic carbocycles. The normalized spacial score (nSPS) is 20.4. The van der Waals surface area contributed by atoms with E-state index in [4.69, 9.17) is 9.84 Å². The van der Waals surface area contributed by atoms with Crippen molar-refractivity contribution in [3.63, 3.8) is 0 Å². The molecule has 1 aromatic heterocycles. The van der Waals surface area contributed by atoms with Gasteiger partial charge in [0.15, 0.2) is 12.4 Å². The molecule has 0 amide bonds. The first-order valence-electron chi connectivity index (χ1n) is 13.7. The standard InChI is InChI=1S/C33H31N2O5.2Na/c1-3-15-33(2)29-23-8-5-4-7-21(23)10-11-26(29)35-19-14-27-24(31(33)35)20-25(32(39)40-27)30(38)22-12-17-34(18-13-22)16-6-9-28(36)37;;/h5,7-8,10-13,17-18,20,27H,1,3,6,9,14-16,19H2,2H3,(H,36,37);;/q-1;2*+1. The van der Waals surface area contributed by atoms with E-state index in [9.17, 15) is 14.4 Å². The number of aromatic nitrogens is 1. The second-order valence-corrected chi connectivity index (χ2v) is 10.9. The maximum absolute atomic E-state index is 13.6. The molecule has 2 unspecified atom stereocenters. The van der Waals surface area contributed by atoms with Crippen LogP contribution >= 0.6 is 0 Å². The minimum Gasteiger partial charge on any atom is -0.481 e. The molecule has 9 heteroatoms. The average molecular weight is 582 g/mol. The van der Waals surface area contributed by atoms with Gasteiger partial charge < -0.3 is 21.7 Å². The average Bonchev–Trinajstić information content (AvgIpc) is 3.21. The molecule has 4 heterocycles. The first-order chi connectivity index (χ1) is 19.3. The van der Waals surface area contributed by atoms with Crippen molar-refractivity contribution in [1.82, 2.24) is 0 Å². The second kappa shape index (κ2) is 13.2. The Hall–Kier alpha value is -2.26. The van der Waals surface area contributed by atoms with Crippen molar-refractivity contribution < 1.29 is 87.9 Å². The van der Waals surface area contributed by atoms with Gasteiger partial charge in [0.05, 0.1) is 6.42 Å². The summed E-state index contributed by atoms with van der Waals surface area (Å²) in [5, 5.41) is 11.2. The van der Waals surface area contributed by atoms with Gasteiger partial charge in [0.25, 0.3) is 0 Å². The predicted octanol–water partition coefficient (Wildman–Crippen LogP) is -1.12. The Labute approximate surface area is 290 Å². The van der Waals surface area contributed by atoms with E-state index in [2.05, 4.69) is 43.0 Å². The number of fused-ring (bicyclic) bond motifs is 6. The largest absolute Gasteiger partial charge is 1.00 e. The quantitative estimate of drug-likeness (QED) is 0.0907. The summed E-state index contributed by atoms with van der Waals surface area (Å²) in [7, 11) is 0. The Morgan fingerprint density at radius 1 is 1.19 bits per heavy atom. The number of rotatable bonds is 8. The van der Waals surface area contributed by atoms with Gasteiger partial charge >= 0.3 is 71.1 Å². The topological polar surface area (TPSA) is 87.8 Å². The van der Waals surface area contributed by atoms with Crippen LogP contribution in [0.4, 0.5) is 5.69 Å². The van der Waals surface area contributed by atoms with Crippen LogP contribution in [0.15, 0.2) is 77.8 Å². The SMILES string of the molecule is [CH2-]CCC1(C)C2=C3C=C(C(=O)c4cc[n+](CCCC(=O)O)cc4)C(=O)OC3CCN2c2ccc3c[c-]ccc3c21.[Na+].[Na+]. The number of pyridine rings is 1. The molecule has 7 nitrogen and oxygen atoms in total. The zero-order chi connectivity index (χ0) is 28.0. The number of ketones is 1. The number of carboxylic acids is 1. The summed E-state index contributed by atoms with van der Waals surface area (Å²) in [5.74, 6) is -1.82. The first-order valence-corrected chi connectivity index (χ1v) is 13.7. The molecular formula is C33H31N2Na2O5+. The minimum absolute atomic E-state index is 0. The van der Waals surface area contributed by atoms with Crippen molar-refractivity contribution in [2.24, 2.45) is 0 Å². The van der Waals surface area contributed by atoms with Crippen LogP contribution in [0.5, 0.6) is 0 Å². The fourth-order valence-corrected chi connectivity index (χ4v) is 6.57. The Bertz CT molecular complexity index is 1610. The van der Waals surface area contributed by atoms with Crippen LogP contribution in [0, 0.1) is 13.0 Å². The Morgan fingerprint density at radius 2 is 1.95 bits per heavy atom. The predicted molar refractivity (Wildman–Crippen MR) is 150 cm³/mol. The Kier molecular flexibility index (Phi) is 10.2. The monoisotopic (exact) mass is 581 g/mol. The molecule has 0 radical (unpaired) electrons. The third-order valence-electron chi connectivity index (χ3n) is 8.36. The number of allylic oxidation sites excluding steroid dienone is 1. The molecule has 3 aromatic rings. The third-order valence-corrected chi connectivity index (χ3v) is 8.36. The number of carboxylic acid groups (broad SMARTS) is 1. The van der Waals surface area contributed by atoms with Gasteiger partial charge in [-0.1, -0.05) is 13.3 Å². The van der Waals surface area contributed by atoms with Crippen molar-refractivity contribution in [2.45, 2.75) is 57.1 Å². The summed E-state index contributed by atoms with van der Waals surface area (Å²) in [5.41, 5.74) is 4.42. The summed E-state index contributed by atoms with van der Waals surface area (Å²) in [6, 6.07) is 16.9. The van der Waals surface area contributed by atoms with Crippen LogP contribution in [0.1, 0.15) is 54.9 Å². The van der Waals surface area contributed by atoms with Gasteiger partial charge in [-0.3, -0.25) is 9.59 Å². The summed E-state index contributed by atoms with van der Waals surface area (Å²) >= 11 is 0. The molecule has 0 aliphatic carbocycles. The molecule has 6 rings (SSSR count). The van der Waals surface area contributed by atoms with E-state index in [1.54, 1.807) is 30.6 Å². The van der Waals surface area contributed by atoms with Crippen LogP contribution in [-0.2, 0) is 26.3 Å². The fraction of sp³-hybridized carbons (Fsp3) is 0.303. The van der Waals surface area contributed by atoms with Crippen LogP contribution in [0.3, 0.4) is 0 Å². The molecule has 0 bridgehead atoms. The Morgan fingerprint density at radius 3 is 2.67 bits per heavy atom. The molecule has 0 spiro atoms. The first kappa shape index (κ1) is 32.6. The van der Waals surface area contributed by atoms with Crippen LogP contribution in [0.25, 0.3) is 10.8 Å². The Balaban J connectivity index is 0.00000202. The maximum atomic E-state index is 13.6. The number of hydrogen-bond acceptors (Lipinski definition) is 5. The van der Waals surface area contributed by atoms with E-state index in [1.165, 1.54) is 10.9 Å². The molecule has 0 saturated heterocycles. The van der Waals surface area contributed by atoms with E-state index in [-0.39, 0.29) is 82.3 Å². The maximum Gasteiger partial charge on any atom is 1.00 e. The van der Waals surface area contributed by atoms with E-state index in [0.717, 1.165) is 41.7 Å². The molecule has 0 saturated carbocycles. The number of aryl methyl sites for hydroxylation is 1. The van der Waals surface area contributed by atoms with Crippen LogP contribution in [-0.4, -0.2) is 35.5 Å². The number of hydrogen-bond donors (Lipinski definition) is 1. The second-order valence-electron chi connectivity index (χ2n) is 10.9. The van der Waals surface area contributed by atoms with Crippen LogP contribution in [0.2, 0.25) is 0 Å². The van der Waals surface area contributed by atoms with Gasteiger partial charge in [0, 0.05) is 59.5 Å². The molecule has 1 N–H and O–H groups in total. The summed E-state index contributed by atoms with van der Waals surface area (Å²) in [4.78, 5) is 39.8. The number of aliphatic carboxylic acids is 1. The van der Waals surface area contributed by atoms with Crippen molar-refractivity contribution in [3.8, 4) is 0 Å². The van der Waals surface area contributed by atoms with E-state index < -0.39 is 18.0 Å². The van der Waals surface area contributed by atoms with Gasteiger partial charge in [-0.05, 0) is 17.7 Å². The fourth-order valence-electron chi connectivity index (χ4n) is 6.57. The van der Waals surface area contributed by atoms with Gasteiger partial charge in [-0.15, -0.1) is 16.8 Å². The molecule has 3 aliphatic rings. The number of ether oxygens (including phenoxy) is 1. The van der Waals surface area contributed by atoms with Gasteiger partial charge in [0.1, 0.15) is 18.2 Å². The zero-order valence-corrected chi connectivity index (χ0v) is 28.5. The zero-order valence-electron chi connectivity index (χ0n) is 24.5. The number of carbonyl (C=O) groups is 3. The number of benzene rings is 2. The number of esters is 1. The van der Waals surface area contributed by atoms with Crippen molar-refractivity contribution in [2.75, 3.05) is 11.4 Å². The molecular weight excluding hydrogens is 550 g/mol. The number of anilines is 1. The minimum atomic E-state index is -0.839. The number of nitrogens with zero attached hydrogens (tertiary/aromatic N) is 2.